The monoisotopic (exact) mass is 1470 g/mol. The van der Waals surface area contributed by atoms with Gasteiger partial charge in [-0.1, -0.05) is 239 Å². The van der Waals surface area contributed by atoms with Gasteiger partial charge >= 0.3 is 127 Å². The first-order valence-electron chi connectivity index (χ1n) is 29.5. The first kappa shape index (κ1) is 110. The van der Waals surface area contributed by atoms with Crippen LogP contribution in [0.4, 0.5) is 0 Å². The Bertz CT molecular complexity index is 3230. The van der Waals surface area contributed by atoms with Crippen molar-refractivity contribution >= 4 is 66.0 Å². The molecule has 518 valence electrons. The number of ether oxygens (including phenoxy) is 2. The van der Waals surface area contributed by atoms with Crippen molar-refractivity contribution in [3.8, 4) is 0 Å². The molecule has 98 heavy (non-hydrogen) atoms. The molecule has 3 aromatic carbocycles. The van der Waals surface area contributed by atoms with Gasteiger partial charge in [-0.2, -0.15) is 19.2 Å². The number of allylic oxidation sites excluding steroid dienone is 33. The van der Waals surface area contributed by atoms with E-state index in [0.29, 0.717) is 35.5 Å². The zero-order valence-electron chi connectivity index (χ0n) is 58.3. The van der Waals surface area contributed by atoms with Gasteiger partial charge in [0.05, 0.1) is 25.3 Å². The van der Waals surface area contributed by atoms with Gasteiger partial charge in [-0.3, -0.25) is 15.7 Å². The van der Waals surface area contributed by atoms with Crippen molar-refractivity contribution in [1.29, 1.82) is 0 Å². The van der Waals surface area contributed by atoms with E-state index < -0.39 is 13.2 Å². The van der Waals surface area contributed by atoms with E-state index in [0.717, 1.165) is 41.9 Å². The normalized spacial score (nSPS) is 12.3. The van der Waals surface area contributed by atoms with Crippen LogP contribution in [0.2, 0.25) is 0 Å². The average molecular weight is 1470 g/mol. The minimum atomic E-state index is -1.95. The number of hydrogen-bond acceptors (Lipinski definition) is 12. The molecule has 0 radical (unpaired) electrons. The van der Waals surface area contributed by atoms with Crippen molar-refractivity contribution < 1.29 is 177 Å². The van der Waals surface area contributed by atoms with Crippen LogP contribution in [-0.2, 0) is 52.6 Å². The number of benzene rings is 3. The Hall–Kier alpha value is -6.33. The number of carbonyl (C=O) groups excluding carboxylic acids is 9. The molecule has 0 atom stereocenters. The van der Waals surface area contributed by atoms with Crippen LogP contribution in [0.5, 0.6) is 0 Å². The van der Waals surface area contributed by atoms with Gasteiger partial charge < -0.3 is 36.4 Å². The Kier molecular flexibility index (Phi) is 84.3. The molecule has 0 saturated carbocycles. The number of aliphatic carboxylic acids is 1. The summed E-state index contributed by atoms with van der Waals surface area (Å²) in [4.78, 5) is 86.9. The van der Waals surface area contributed by atoms with Crippen molar-refractivity contribution in [2.75, 3.05) is 19.4 Å². The minimum absolute atomic E-state index is 0. The number of carbonyl (C=O) groups is 5. The quantitative estimate of drug-likeness (QED) is 0.0136. The average Bonchev–Trinajstić information content (AvgIpc) is 0.761. The van der Waals surface area contributed by atoms with Gasteiger partial charge in [0, 0.05) is 11.1 Å². The zero-order valence-corrected chi connectivity index (χ0v) is 67.0. The van der Waals surface area contributed by atoms with Crippen LogP contribution in [0.3, 0.4) is 0 Å². The molecule has 0 fully saturated rings. The van der Waals surface area contributed by atoms with Gasteiger partial charge in [0.25, 0.3) is 0 Å². The van der Waals surface area contributed by atoms with Crippen molar-refractivity contribution in [2.24, 2.45) is 0 Å². The summed E-state index contributed by atoms with van der Waals surface area (Å²) in [6.45, 7) is 27.2. The van der Waals surface area contributed by atoms with Gasteiger partial charge in [-0.05, 0) is 149 Å². The predicted octanol–water partition coefficient (Wildman–Crippen LogP) is 8.11. The number of hydrogen-bond donors (Lipinski definition) is 0. The molecule has 0 heterocycles. The number of aldehydes is 2. The Balaban J connectivity index is -0.000000151. The first-order valence-corrected chi connectivity index (χ1v) is 31.5. The second-order valence-corrected chi connectivity index (χ2v) is 23.1. The van der Waals surface area contributed by atoms with Crippen molar-refractivity contribution in [3.63, 3.8) is 0 Å². The van der Waals surface area contributed by atoms with Crippen LogP contribution in [0.1, 0.15) is 126 Å². The summed E-state index contributed by atoms with van der Waals surface area (Å²) in [5.41, 5.74) is 8.62. The molecular weight excluding hydrogens is 1370 g/mol. The van der Waals surface area contributed by atoms with Gasteiger partial charge in [0.1, 0.15) is 35.7 Å². The molecule has 16 heteroatoms. The molecule has 0 unspecified atom stereocenters. The molecule has 0 aliphatic heterocycles. The van der Waals surface area contributed by atoms with E-state index >= 15 is 0 Å². The minimum Gasteiger partial charge on any atom is -1.00 e. The number of halogens is 1. The van der Waals surface area contributed by atoms with Gasteiger partial charge in [0.2, 0.25) is 0 Å². The number of rotatable bonds is 27. The fraction of sp³-hybridized carbons (Fsp3) is 0.256. The molecule has 0 aromatic heterocycles. The van der Waals surface area contributed by atoms with E-state index in [1.165, 1.54) is 40.1 Å². The van der Waals surface area contributed by atoms with E-state index in [1.807, 2.05) is 139 Å². The SMILES string of the molecule is C.C.C.CCOC(=O)/C(C)=C/C=C/C(C)=C/C=C/C=C(C)/C=C/C=C(\C)CC.CCOC(=O)/C(C)=C/C[P+](c1ccccc1)(c1ccccc1)c1ccccc1.C[C-]=C/C=C/C(C)=C/C=C/C=C(C)/C=C/C=C(\C)C(=O)[O-].C\C(C=O)=C/C=C/C=C(\C)C=O.O=C=O.O=C=O.[Br-].[K+].[K+]. The summed E-state index contributed by atoms with van der Waals surface area (Å²) in [6, 6.07) is 32.0. The van der Waals surface area contributed by atoms with Crippen molar-refractivity contribution in [1.82, 2.24) is 0 Å². The summed E-state index contributed by atoms with van der Waals surface area (Å²) < 4.78 is 10.1. The molecule has 12 nitrogen and oxygen atoms in total. The van der Waals surface area contributed by atoms with E-state index in [-0.39, 0.29) is 172 Å². The fourth-order valence-electron chi connectivity index (χ4n) is 6.81. The number of esters is 2. The molecule has 0 spiro atoms. The van der Waals surface area contributed by atoms with Crippen LogP contribution < -0.4 is 141 Å². The standard InChI is InChI=1S/C25H26O2P.C23H32O2.C19H23O2.C10H12O2.2CO2.3CH4.BrH.2K/c1-3-27-25(26)21(2)19-20-28(22-13-7-4-8-14-22,23-15-9-5-10-16-23)24-17-11-6-12-18-24;1-7-19(3)15-11-16-20(4)13-9-10-14-21(5)17-12-18-22(6)23(24)25-8-2;1-5-6-7-11-16(2)12-8-9-13-17(3)14-10-15-18(4)19(20)21;1-9(7-11)5-3-4-6-10(2)8-12;2*2-1-3;;;;;;/h4-19H,3,20H2,1-2H3;9-18H,7-8H2,1-6H3;6-15H,1-4H3,(H,20,21);3-8H,1-2H3;;;3*1H4;1H;;/q+1;;-1;;;;;;;;2*+1/p-2/b21-19+;10-9+,16-11+,17-12+,19-15+,20-13+,21-14+,22-18+;9-8+,11-7+,14-10+,16-12+,17-13+,18-15+;4-3+,9-5+,10-6+;;;;;;;;. The molecule has 0 N–H and O–H groups in total. The van der Waals surface area contributed by atoms with Crippen LogP contribution in [0.25, 0.3) is 0 Å². The maximum absolute atomic E-state index is 12.2. The topological polar surface area (TPSA) is 195 Å². The maximum Gasteiger partial charge on any atom is 1.00 e. The van der Waals surface area contributed by atoms with Crippen molar-refractivity contribution in [2.45, 2.75) is 126 Å². The van der Waals surface area contributed by atoms with Gasteiger partial charge in [-0.15, -0.1) is 13.0 Å². The molecule has 0 amide bonds. The Morgan fingerprint density at radius 3 is 1.01 bits per heavy atom. The smallest absolute Gasteiger partial charge is 1.00 e. The van der Waals surface area contributed by atoms with Crippen LogP contribution >= 0.6 is 7.26 Å². The summed E-state index contributed by atoms with van der Waals surface area (Å²) in [6.07, 6.45) is 54.4. The summed E-state index contributed by atoms with van der Waals surface area (Å²) >= 11 is 0. The third-order valence-corrected chi connectivity index (χ3v) is 16.2. The Morgan fingerprint density at radius 1 is 0.439 bits per heavy atom. The van der Waals surface area contributed by atoms with Crippen LogP contribution in [0, 0.1) is 6.08 Å². The van der Waals surface area contributed by atoms with Gasteiger partial charge in [-0.25, -0.2) is 21.7 Å². The molecule has 0 bridgehead atoms. The van der Waals surface area contributed by atoms with Crippen molar-refractivity contribution in [3.05, 3.63) is 305 Å². The zero-order chi connectivity index (χ0) is 69.8. The molecular formula is C82H104BrK2O12P. The van der Waals surface area contributed by atoms with E-state index in [4.69, 9.17) is 28.7 Å². The van der Waals surface area contributed by atoms with Gasteiger partial charge in [0.15, 0.2) is 0 Å². The van der Waals surface area contributed by atoms with E-state index in [1.54, 1.807) is 64.2 Å². The molecule has 0 saturated heterocycles. The Morgan fingerprint density at radius 2 is 0.724 bits per heavy atom. The third kappa shape index (κ3) is 58.6. The summed E-state index contributed by atoms with van der Waals surface area (Å²) in [5, 5.41) is 14.4. The fourth-order valence-corrected chi connectivity index (χ4v) is 10.9. The van der Waals surface area contributed by atoms with Crippen LogP contribution in [-0.4, -0.2) is 62.2 Å². The number of carboxylic acid groups (broad SMARTS) is 1. The second-order valence-electron chi connectivity index (χ2n) is 19.6. The summed E-state index contributed by atoms with van der Waals surface area (Å²) in [5.74, 6) is -1.66. The summed E-state index contributed by atoms with van der Waals surface area (Å²) in [7, 11) is -1.95. The Labute approximate surface area is 684 Å². The molecule has 3 aromatic rings. The van der Waals surface area contributed by atoms with E-state index in [2.05, 4.69) is 130 Å². The van der Waals surface area contributed by atoms with E-state index in [9.17, 15) is 29.1 Å². The second kappa shape index (κ2) is 74.9. The molecule has 3 rings (SSSR count). The molecule has 0 aliphatic carbocycles. The molecule has 0 aliphatic rings. The number of carboxylic acids is 1. The maximum atomic E-state index is 12.2. The first-order chi connectivity index (χ1) is 44.1. The third-order valence-electron chi connectivity index (χ3n) is 12.0. The van der Waals surface area contributed by atoms with Crippen LogP contribution in [0.15, 0.2) is 299 Å². The predicted molar refractivity (Wildman–Crippen MR) is 396 cm³/mol. The largest absolute Gasteiger partial charge is 1.00 e.